The van der Waals surface area contributed by atoms with Crippen molar-refractivity contribution in [3.8, 4) is 0 Å². The number of carbonyl (C=O) groups excluding carboxylic acids is 2. The minimum atomic E-state index is -0.981. The second-order valence-corrected chi connectivity index (χ2v) is 7.28. The van der Waals surface area contributed by atoms with E-state index in [9.17, 15) is 9.59 Å². The normalized spacial score (nSPS) is 13.6. The van der Waals surface area contributed by atoms with Crippen molar-refractivity contribution in [1.82, 2.24) is 0 Å². The molecular formula is C21H30O7. The molecule has 0 spiro atoms. The fourth-order valence-corrected chi connectivity index (χ4v) is 2.20. The first-order valence-electron chi connectivity index (χ1n) is 9.11. The van der Waals surface area contributed by atoms with E-state index in [1.54, 1.807) is 13.8 Å². The predicted octanol–water partition coefficient (Wildman–Crippen LogP) is 4.96. The molecule has 0 radical (unpaired) electrons. The largest absolute Gasteiger partial charge is 0.511 e. The summed E-state index contributed by atoms with van der Waals surface area (Å²) in [6, 6.07) is 7.86. The topological polar surface area (TPSA) is 80.3 Å². The Hall–Kier alpha value is -2.38. The summed E-state index contributed by atoms with van der Waals surface area (Å²) < 4.78 is 15.8. The highest BCUT2D eigenvalue weighted by Gasteiger charge is 2.28. The van der Waals surface area contributed by atoms with Crippen molar-refractivity contribution in [2.45, 2.75) is 72.6 Å². The van der Waals surface area contributed by atoms with Crippen LogP contribution < -0.4 is 0 Å². The average molecular weight is 394 g/mol. The lowest BCUT2D eigenvalue weighted by Crippen LogP contribution is -2.30. The first kappa shape index (κ1) is 23.7. The second kappa shape index (κ2) is 10.2. The first-order chi connectivity index (χ1) is 12.9. The third-order valence-corrected chi connectivity index (χ3v) is 3.86. The summed E-state index contributed by atoms with van der Waals surface area (Å²) in [6.45, 7) is 15.6. The Morgan fingerprint density at radius 3 is 2.07 bits per heavy atom. The molecule has 28 heavy (non-hydrogen) atoms. The molecule has 0 saturated heterocycles. The Bertz CT molecular complexity index is 676. The van der Waals surface area contributed by atoms with Gasteiger partial charge in [-0.3, -0.25) is 4.89 Å². The monoisotopic (exact) mass is 394 g/mol. The lowest BCUT2D eigenvalue weighted by molar-refractivity contribution is -0.364. The third kappa shape index (κ3) is 7.70. The van der Waals surface area contributed by atoms with Crippen LogP contribution in [0.1, 0.15) is 65.5 Å². The zero-order valence-corrected chi connectivity index (χ0v) is 17.6. The van der Waals surface area contributed by atoms with Crippen LogP contribution in [0.4, 0.5) is 4.79 Å². The fourth-order valence-electron chi connectivity index (χ4n) is 2.20. The van der Waals surface area contributed by atoms with E-state index in [1.165, 1.54) is 26.3 Å². The minimum Gasteiger partial charge on any atom is -0.423 e. The van der Waals surface area contributed by atoms with Crippen molar-refractivity contribution in [1.29, 1.82) is 0 Å². The van der Waals surface area contributed by atoms with Crippen LogP contribution in [0.5, 0.6) is 0 Å². The van der Waals surface area contributed by atoms with Crippen LogP contribution in [0.15, 0.2) is 36.4 Å². The standard InChI is InChI=1S/C21H30O7/c1-13(2)17-9-11-18(12-10-17)21(7,8)26-20(23)25-15(5)24-16(6)27-28-19(22)14(3)4/h9-13,15-16H,3H2,1-2,4-8H3. The summed E-state index contributed by atoms with van der Waals surface area (Å²) in [6.07, 6.45) is -2.83. The summed E-state index contributed by atoms with van der Waals surface area (Å²) in [5, 5.41) is 0. The number of hydrogen-bond donors (Lipinski definition) is 0. The van der Waals surface area contributed by atoms with Gasteiger partial charge in [0.25, 0.3) is 0 Å². The van der Waals surface area contributed by atoms with Crippen LogP contribution in [-0.4, -0.2) is 24.7 Å². The second-order valence-electron chi connectivity index (χ2n) is 7.28. The Balaban J connectivity index is 2.52. The van der Waals surface area contributed by atoms with Crippen LogP contribution in [0.25, 0.3) is 0 Å². The van der Waals surface area contributed by atoms with E-state index < -0.39 is 30.3 Å². The summed E-state index contributed by atoms with van der Waals surface area (Å²) >= 11 is 0. The minimum absolute atomic E-state index is 0.184. The van der Waals surface area contributed by atoms with Gasteiger partial charge in [-0.1, -0.05) is 44.7 Å². The molecule has 7 nitrogen and oxygen atoms in total. The van der Waals surface area contributed by atoms with E-state index in [4.69, 9.17) is 19.1 Å². The number of rotatable bonds is 9. The highest BCUT2D eigenvalue weighted by molar-refractivity contribution is 5.86. The zero-order valence-electron chi connectivity index (χ0n) is 17.6. The SMILES string of the molecule is C=C(C)C(=O)OOC(C)OC(C)OC(=O)OC(C)(C)c1ccc(C(C)C)cc1. The maximum absolute atomic E-state index is 12.1. The Labute approximate surface area is 166 Å². The van der Waals surface area contributed by atoms with Crippen molar-refractivity contribution in [3.63, 3.8) is 0 Å². The van der Waals surface area contributed by atoms with Crippen molar-refractivity contribution < 1.29 is 33.6 Å². The highest BCUT2D eigenvalue weighted by atomic mass is 17.2. The summed E-state index contributed by atoms with van der Waals surface area (Å²) in [5.41, 5.74) is 1.34. The molecule has 0 fully saturated rings. The van der Waals surface area contributed by atoms with Crippen LogP contribution in [0.2, 0.25) is 0 Å². The molecule has 156 valence electrons. The van der Waals surface area contributed by atoms with Gasteiger partial charge in [-0.15, -0.1) is 0 Å². The molecule has 0 aliphatic rings. The van der Waals surface area contributed by atoms with Gasteiger partial charge in [-0.05, 0) is 51.7 Å². The molecule has 7 heteroatoms. The van der Waals surface area contributed by atoms with Crippen LogP contribution in [-0.2, 0) is 34.4 Å². The van der Waals surface area contributed by atoms with Gasteiger partial charge in [0, 0.05) is 5.57 Å². The number of benzene rings is 1. The van der Waals surface area contributed by atoms with Gasteiger partial charge in [0.15, 0.2) is 0 Å². The van der Waals surface area contributed by atoms with Gasteiger partial charge < -0.3 is 14.2 Å². The predicted molar refractivity (Wildman–Crippen MR) is 103 cm³/mol. The molecule has 0 saturated carbocycles. The van der Waals surface area contributed by atoms with E-state index >= 15 is 0 Å². The molecule has 1 aromatic carbocycles. The molecule has 1 aromatic rings. The quantitative estimate of drug-likeness (QED) is 0.193. The molecule has 0 aliphatic carbocycles. The summed E-state index contributed by atoms with van der Waals surface area (Å²) in [5.74, 6) is -0.298. The lowest BCUT2D eigenvalue weighted by Gasteiger charge is -2.26. The van der Waals surface area contributed by atoms with E-state index in [0.717, 1.165) is 5.56 Å². The lowest BCUT2D eigenvalue weighted by atomic mass is 9.94. The molecule has 2 unspecified atom stereocenters. The molecular weight excluding hydrogens is 364 g/mol. The van der Waals surface area contributed by atoms with E-state index in [0.29, 0.717) is 5.92 Å². The van der Waals surface area contributed by atoms with Crippen molar-refractivity contribution in [3.05, 3.63) is 47.5 Å². The maximum atomic E-state index is 12.1. The fraction of sp³-hybridized carbons (Fsp3) is 0.524. The molecule has 2 atom stereocenters. The zero-order chi connectivity index (χ0) is 21.5. The highest BCUT2D eigenvalue weighted by Crippen LogP contribution is 2.27. The molecule has 0 aliphatic heterocycles. The molecule has 1 rings (SSSR count). The van der Waals surface area contributed by atoms with Crippen LogP contribution >= 0.6 is 0 Å². The summed E-state index contributed by atoms with van der Waals surface area (Å²) in [7, 11) is 0. The number of hydrogen-bond acceptors (Lipinski definition) is 7. The Kier molecular flexibility index (Phi) is 8.65. The van der Waals surface area contributed by atoms with Gasteiger partial charge in [0.2, 0.25) is 12.6 Å². The third-order valence-electron chi connectivity index (χ3n) is 3.86. The molecule has 0 N–H and O–H groups in total. The number of carbonyl (C=O) groups is 2. The van der Waals surface area contributed by atoms with Crippen LogP contribution in [0.3, 0.4) is 0 Å². The van der Waals surface area contributed by atoms with Gasteiger partial charge in [0.1, 0.15) is 5.60 Å². The van der Waals surface area contributed by atoms with Crippen molar-refractivity contribution in [2.24, 2.45) is 0 Å². The van der Waals surface area contributed by atoms with Gasteiger partial charge in [-0.2, -0.15) is 4.89 Å². The Morgan fingerprint density at radius 2 is 1.57 bits per heavy atom. The van der Waals surface area contributed by atoms with Gasteiger partial charge in [0.05, 0.1) is 0 Å². The van der Waals surface area contributed by atoms with Crippen molar-refractivity contribution >= 4 is 12.1 Å². The smallest absolute Gasteiger partial charge is 0.423 e. The van der Waals surface area contributed by atoms with Crippen molar-refractivity contribution in [2.75, 3.05) is 0 Å². The van der Waals surface area contributed by atoms with E-state index in [1.807, 2.05) is 24.3 Å². The molecule has 0 heterocycles. The average Bonchev–Trinajstić information content (AvgIpc) is 2.58. The van der Waals surface area contributed by atoms with Gasteiger partial charge >= 0.3 is 12.1 Å². The van der Waals surface area contributed by atoms with Gasteiger partial charge in [-0.25, -0.2) is 9.59 Å². The number of ether oxygens (including phenoxy) is 3. The van der Waals surface area contributed by atoms with E-state index in [-0.39, 0.29) is 5.57 Å². The maximum Gasteiger partial charge on any atom is 0.511 e. The van der Waals surface area contributed by atoms with E-state index in [2.05, 4.69) is 25.3 Å². The molecule has 0 aromatic heterocycles. The molecule has 0 amide bonds. The summed E-state index contributed by atoms with van der Waals surface area (Å²) in [4.78, 5) is 32.6. The molecule has 0 bridgehead atoms. The van der Waals surface area contributed by atoms with Crippen LogP contribution in [0, 0.1) is 0 Å². The Morgan fingerprint density at radius 1 is 1.00 bits per heavy atom. The first-order valence-corrected chi connectivity index (χ1v) is 9.11.